The number of aliphatic hydroxyl groups excluding tert-OH is 1. The molecule has 0 aliphatic carbocycles. The average molecular weight is 660 g/mol. The lowest BCUT2D eigenvalue weighted by molar-refractivity contribution is -0.330. The van der Waals surface area contributed by atoms with Gasteiger partial charge in [-0.05, 0) is 71.8 Å². The molecule has 11 heteroatoms. The van der Waals surface area contributed by atoms with Gasteiger partial charge >= 0.3 is 5.97 Å². The van der Waals surface area contributed by atoms with Gasteiger partial charge < -0.3 is 44.7 Å². The van der Waals surface area contributed by atoms with Crippen LogP contribution in [-0.2, 0) is 28.5 Å². The first-order valence-electron chi connectivity index (χ1n) is 17.1. The highest BCUT2D eigenvalue weighted by atomic mass is 16.7. The highest BCUT2D eigenvalue weighted by Crippen LogP contribution is 2.48. The van der Waals surface area contributed by atoms with Crippen LogP contribution in [0.15, 0.2) is 0 Å². The number of esters is 1. The molecule has 0 spiro atoms. The van der Waals surface area contributed by atoms with Crippen molar-refractivity contribution in [3.8, 4) is 0 Å². The summed E-state index contributed by atoms with van der Waals surface area (Å²) in [6.45, 7) is 22.0. The molecule has 2 aliphatic rings. The molecule has 5 N–H and O–H groups in total. The quantitative estimate of drug-likeness (QED) is 0.192. The summed E-state index contributed by atoms with van der Waals surface area (Å²) in [5.74, 6) is -3.96. The SMILES string of the molecule is CCCNC[C@@]1(O)[C@H](C)O[C@@H](O[C@@H]2[C@@H](C)C(=O)O[C@H](CC)[C@@](C)(O)[C@H](O)[C@@H](C)C(=O)[C@H](C)C[C@@](C)(O)C(C)(C)[C@H]2C)C[C@@]1(C)OC. The number of ketones is 1. The average Bonchev–Trinajstić information content (AvgIpc) is 2.98. The zero-order chi connectivity index (χ0) is 35.6. The predicted molar refractivity (Wildman–Crippen MR) is 175 cm³/mol. The van der Waals surface area contributed by atoms with Gasteiger partial charge in [-0.1, -0.05) is 48.5 Å². The Balaban J connectivity index is 2.60. The van der Waals surface area contributed by atoms with E-state index >= 15 is 0 Å². The van der Waals surface area contributed by atoms with Crippen molar-refractivity contribution < 1.29 is 49.0 Å². The largest absolute Gasteiger partial charge is 0.459 e. The van der Waals surface area contributed by atoms with Crippen molar-refractivity contribution in [3.63, 3.8) is 0 Å². The van der Waals surface area contributed by atoms with Crippen LogP contribution in [0.2, 0.25) is 0 Å². The van der Waals surface area contributed by atoms with Gasteiger partial charge in [-0.2, -0.15) is 0 Å². The molecule has 2 fully saturated rings. The molecule has 2 heterocycles. The van der Waals surface area contributed by atoms with Crippen molar-refractivity contribution >= 4 is 11.8 Å². The summed E-state index contributed by atoms with van der Waals surface area (Å²) in [5, 5.41) is 49.8. The van der Waals surface area contributed by atoms with E-state index < -0.39 is 88.2 Å². The van der Waals surface area contributed by atoms with Crippen LogP contribution < -0.4 is 5.32 Å². The number of hydrogen-bond acceptors (Lipinski definition) is 11. The van der Waals surface area contributed by atoms with Crippen LogP contribution >= 0.6 is 0 Å². The summed E-state index contributed by atoms with van der Waals surface area (Å²) in [7, 11) is 1.54. The van der Waals surface area contributed by atoms with Gasteiger partial charge in [0.05, 0.1) is 29.8 Å². The highest BCUT2D eigenvalue weighted by molar-refractivity contribution is 5.83. The fraction of sp³-hybridized carbons (Fsp3) is 0.943. The van der Waals surface area contributed by atoms with E-state index in [2.05, 4.69) is 5.32 Å². The number of Topliss-reactive ketones (excluding diaryl/α,β-unsaturated/α-hetero) is 1. The minimum Gasteiger partial charge on any atom is -0.459 e. The maximum atomic E-state index is 13.9. The van der Waals surface area contributed by atoms with Gasteiger partial charge in [0.15, 0.2) is 6.29 Å². The van der Waals surface area contributed by atoms with Crippen LogP contribution in [0.4, 0.5) is 0 Å². The smallest absolute Gasteiger partial charge is 0.311 e. The monoisotopic (exact) mass is 659 g/mol. The normalized spacial score (nSPS) is 46.4. The summed E-state index contributed by atoms with van der Waals surface area (Å²) in [4.78, 5) is 27.4. The summed E-state index contributed by atoms with van der Waals surface area (Å²) in [5.41, 5.74) is -6.69. The molecular weight excluding hydrogens is 594 g/mol. The molecule has 0 bridgehead atoms. The number of carbonyl (C=O) groups excluding carboxylic acids is 2. The van der Waals surface area contributed by atoms with Gasteiger partial charge in [0.2, 0.25) is 0 Å². The van der Waals surface area contributed by atoms with Gasteiger partial charge in [0.25, 0.3) is 0 Å². The van der Waals surface area contributed by atoms with Gasteiger partial charge in [-0.3, -0.25) is 9.59 Å². The Kier molecular flexibility index (Phi) is 13.5. The van der Waals surface area contributed by atoms with Crippen LogP contribution in [-0.4, -0.2) is 105 Å². The fourth-order valence-corrected chi connectivity index (χ4v) is 7.44. The van der Waals surface area contributed by atoms with Crippen molar-refractivity contribution in [2.75, 3.05) is 20.2 Å². The summed E-state index contributed by atoms with van der Waals surface area (Å²) < 4.78 is 24.8. The van der Waals surface area contributed by atoms with Crippen LogP contribution in [0.5, 0.6) is 0 Å². The second kappa shape index (κ2) is 15.2. The number of methoxy groups -OCH3 is 1. The van der Waals surface area contributed by atoms with Crippen molar-refractivity contribution in [2.24, 2.45) is 29.1 Å². The first kappa shape index (κ1) is 41.0. The molecule has 13 atom stereocenters. The Morgan fingerprint density at radius 3 is 2.04 bits per heavy atom. The van der Waals surface area contributed by atoms with E-state index in [0.717, 1.165) is 13.0 Å². The molecule has 0 aromatic carbocycles. The topological polar surface area (TPSA) is 164 Å². The second-order valence-corrected chi connectivity index (χ2v) is 15.4. The number of nitrogens with one attached hydrogen (secondary N) is 1. The number of ether oxygens (including phenoxy) is 4. The molecule has 2 rings (SSSR count). The minimum absolute atomic E-state index is 0.0850. The van der Waals surface area contributed by atoms with Crippen LogP contribution in [0.1, 0.15) is 109 Å². The molecule has 11 nitrogen and oxygen atoms in total. The van der Waals surface area contributed by atoms with E-state index in [1.165, 1.54) is 6.92 Å². The molecule has 0 aromatic heterocycles. The first-order chi connectivity index (χ1) is 21.0. The Morgan fingerprint density at radius 1 is 0.935 bits per heavy atom. The molecular formula is C35H65NO10. The Bertz CT molecular complexity index is 1030. The molecule has 2 saturated heterocycles. The number of rotatable bonds is 8. The number of cyclic esters (lactones) is 1. The predicted octanol–water partition coefficient (Wildman–Crippen LogP) is 3.37. The maximum absolute atomic E-state index is 13.9. The first-order valence-corrected chi connectivity index (χ1v) is 17.1. The minimum atomic E-state index is -1.93. The van der Waals surface area contributed by atoms with E-state index in [9.17, 15) is 30.0 Å². The lowest BCUT2D eigenvalue weighted by atomic mass is 9.61. The zero-order valence-corrected chi connectivity index (χ0v) is 30.7. The van der Waals surface area contributed by atoms with Crippen molar-refractivity contribution in [1.29, 1.82) is 0 Å². The molecule has 46 heavy (non-hydrogen) atoms. The third kappa shape index (κ3) is 7.83. The molecule has 0 saturated carbocycles. The van der Waals surface area contributed by atoms with Gasteiger partial charge in [0.1, 0.15) is 28.7 Å². The van der Waals surface area contributed by atoms with Crippen molar-refractivity contribution in [2.45, 2.75) is 162 Å². The standard InChI is InChI=1S/C35H65NO10/c1-14-16-36-19-35(42)24(7)44-26(18-33(35,11)43-13)46-28-22(5)30(39)45-25(15-2)34(12,41)29(38)21(4)27(37)20(3)17-32(10,40)31(8,9)23(28)6/h20-26,28-29,36,38,40-42H,14-19H2,1-13H3/t20-,21+,22-,23+,24+,25-,26+,28-,29-,32-,33-,34-,35-/m1/s1. The Morgan fingerprint density at radius 2 is 1.52 bits per heavy atom. The third-order valence-corrected chi connectivity index (χ3v) is 12.0. The second-order valence-electron chi connectivity index (χ2n) is 15.4. The molecule has 0 radical (unpaired) electrons. The maximum Gasteiger partial charge on any atom is 0.311 e. The van der Waals surface area contributed by atoms with E-state index in [0.29, 0.717) is 0 Å². The van der Waals surface area contributed by atoms with E-state index in [-0.39, 0.29) is 31.6 Å². The van der Waals surface area contributed by atoms with Crippen LogP contribution in [0, 0.1) is 29.1 Å². The summed E-state index contributed by atoms with van der Waals surface area (Å²) in [6, 6.07) is 0. The Labute approximate surface area is 277 Å². The van der Waals surface area contributed by atoms with Gasteiger partial charge in [0, 0.05) is 31.9 Å². The van der Waals surface area contributed by atoms with Gasteiger partial charge in [-0.25, -0.2) is 0 Å². The van der Waals surface area contributed by atoms with Gasteiger partial charge in [-0.15, -0.1) is 0 Å². The molecule has 270 valence electrons. The van der Waals surface area contributed by atoms with E-state index in [1.54, 1.807) is 48.7 Å². The molecule has 0 amide bonds. The van der Waals surface area contributed by atoms with Crippen LogP contribution in [0.3, 0.4) is 0 Å². The summed E-state index contributed by atoms with van der Waals surface area (Å²) >= 11 is 0. The van der Waals surface area contributed by atoms with Crippen molar-refractivity contribution in [3.05, 3.63) is 0 Å². The summed E-state index contributed by atoms with van der Waals surface area (Å²) in [6.07, 6.45) is -3.75. The lowest BCUT2D eigenvalue weighted by Crippen LogP contribution is -2.70. The van der Waals surface area contributed by atoms with Crippen molar-refractivity contribution in [1.82, 2.24) is 5.32 Å². The fourth-order valence-electron chi connectivity index (χ4n) is 7.44. The molecule has 0 unspecified atom stereocenters. The van der Waals surface area contributed by atoms with Crippen LogP contribution in [0.25, 0.3) is 0 Å². The molecule has 0 aromatic rings. The van der Waals surface area contributed by atoms with E-state index in [1.807, 2.05) is 34.6 Å². The zero-order valence-electron chi connectivity index (χ0n) is 30.7. The Hall–Kier alpha value is -1.18. The third-order valence-electron chi connectivity index (χ3n) is 12.0. The van der Waals surface area contributed by atoms with E-state index in [4.69, 9.17) is 18.9 Å². The molecule has 2 aliphatic heterocycles. The number of carbonyl (C=O) groups is 2. The number of aliphatic hydroxyl groups is 4. The number of hydrogen-bond donors (Lipinski definition) is 5. The lowest BCUT2D eigenvalue weighted by Gasteiger charge is -2.54. The highest BCUT2D eigenvalue weighted by Gasteiger charge is 2.58.